The number of nitriles is 1. The van der Waals surface area contributed by atoms with Crippen LogP contribution in [0.5, 0.6) is 0 Å². The zero-order valence-corrected chi connectivity index (χ0v) is 11.9. The van der Waals surface area contributed by atoms with E-state index in [9.17, 15) is 4.79 Å². The van der Waals surface area contributed by atoms with E-state index in [2.05, 4.69) is 5.32 Å². The summed E-state index contributed by atoms with van der Waals surface area (Å²) in [5.74, 6) is -0.321. The third kappa shape index (κ3) is 6.05. The Morgan fingerprint density at radius 2 is 2.10 bits per heavy atom. The highest BCUT2D eigenvalue weighted by atomic mass is 16.5. The lowest BCUT2D eigenvalue weighted by molar-refractivity contribution is -0.139. The maximum Gasteiger partial charge on any atom is 0.350 e. The maximum absolute atomic E-state index is 11.6. The molecule has 4 nitrogen and oxygen atoms in total. The molecule has 0 amide bonds. The van der Waals surface area contributed by atoms with Crippen LogP contribution in [0.15, 0.2) is 42.1 Å². The van der Waals surface area contributed by atoms with Crippen LogP contribution in [0.1, 0.15) is 19.4 Å². The number of hydrogen-bond donors (Lipinski definition) is 1. The van der Waals surface area contributed by atoms with Crippen molar-refractivity contribution >= 4 is 5.97 Å². The van der Waals surface area contributed by atoms with E-state index in [1.54, 1.807) is 0 Å². The van der Waals surface area contributed by atoms with Crippen LogP contribution in [0.4, 0.5) is 0 Å². The third-order valence-corrected chi connectivity index (χ3v) is 2.54. The van der Waals surface area contributed by atoms with Crippen LogP contribution in [-0.4, -0.2) is 19.1 Å². The maximum atomic E-state index is 11.6. The Hall–Kier alpha value is -2.28. The number of nitrogens with zero attached hydrogens (tertiary/aromatic N) is 1. The molecule has 106 valence electrons. The minimum atomic E-state index is -0.576. The molecule has 1 N–H and O–H groups in total. The first-order valence-corrected chi connectivity index (χ1v) is 6.68. The number of rotatable bonds is 7. The van der Waals surface area contributed by atoms with Gasteiger partial charge in [-0.3, -0.25) is 0 Å². The van der Waals surface area contributed by atoms with Gasteiger partial charge in [0.15, 0.2) is 5.57 Å². The van der Waals surface area contributed by atoms with E-state index in [0.717, 1.165) is 6.42 Å². The highest BCUT2D eigenvalue weighted by molar-refractivity contribution is 5.92. The molecule has 1 aromatic carbocycles. The molecule has 0 saturated carbocycles. The van der Waals surface area contributed by atoms with Crippen LogP contribution in [0, 0.1) is 17.2 Å². The van der Waals surface area contributed by atoms with Gasteiger partial charge in [-0.2, -0.15) is 5.26 Å². The van der Waals surface area contributed by atoms with Gasteiger partial charge >= 0.3 is 5.97 Å². The smallest absolute Gasteiger partial charge is 0.350 e. The van der Waals surface area contributed by atoms with E-state index in [-0.39, 0.29) is 11.5 Å². The number of ether oxygens (including phenoxy) is 1. The van der Waals surface area contributed by atoms with E-state index in [1.165, 1.54) is 11.8 Å². The average molecular weight is 272 g/mol. The second-order valence-corrected chi connectivity index (χ2v) is 4.85. The van der Waals surface area contributed by atoms with Crippen molar-refractivity contribution in [3.05, 3.63) is 47.7 Å². The number of carbonyl (C=O) groups is 1. The molecule has 1 aromatic rings. The molecule has 0 radical (unpaired) electrons. The second kappa shape index (κ2) is 8.76. The van der Waals surface area contributed by atoms with Crippen LogP contribution < -0.4 is 5.32 Å². The standard InChI is InChI=1S/C16H20N2O2/c1-13(2)12-20-16(19)15(10-17)11-18-9-8-14-6-4-3-5-7-14/h3-7,11,13,18H,8-9,12H2,1-2H3/b15-11+. The normalized spacial score (nSPS) is 11.0. The molecular formula is C16H20N2O2. The van der Waals surface area contributed by atoms with Crippen LogP contribution in [0.25, 0.3) is 0 Å². The van der Waals surface area contributed by atoms with Crippen molar-refractivity contribution in [1.29, 1.82) is 5.26 Å². The van der Waals surface area contributed by atoms with Crippen LogP contribution in [0.3, 0.4) is 0 Å². The Bertz CT molecular complexity index is 487. The number of nitrogens with one attached hydrogen (secondary N) is 1. The van der Waals surface area contributed by atoms with Crippen molar-refractivity contribution in [3.8, 4) is 6.07 Å². The zero-order valence-electron chi connectivity index (χ0n) is 11.9. The fraction of sp³-hybridized carbons (Fsp3) is 0.375. The van der Waals surface area contributed by atoms with E-state index < -0.39 is 5.97 Å². The van der Waals surface area contributed by atoms with Gasteiger partial charge in [0.1, 0.15) is 6.07 Å². The van der Waals surface area contributed by atoms with E-state index >= 15 is 0 Å². The van der Waals surface area contributed by atoms with Gasteiger partial charge in [0.2, 0.25) is 0 Å². The molecule has 0 spiro atoms. The van der Waals surface area contributed by atoms with E-state index in [4.69, 9.17) is 10.00 Å². The van der Waals surface area contributed by atoms with Gasteiger partial charge < -0.3 is 10.1 Å². The van der Waals surface area contributed by atoms with Gasteiger partial charge in [0.25, 0.3) is 0 Å². The second-order valence-electron chi connectivity index (χ2n) is 4.85. The Morgan fingerprint density at radius 1 is 1.40 bits per heavy atom. The van der Waals surface area contributed by atoms with Gasteiger partial charge in [0, 0.05) is 12.7 Å². The van der Waals surface area contributed by atoms with Crippen molar-refractivity contribution in [2.75, 3.05) is 13.2 Å². The Balaban J connectivity index is 2.38. The highest BCUT2D eigenvalue weighted by Gasteiger charge is 2.10. The molecule has 20 heavy (non-hydrogen) atoms. The van der Waals surface area contributed by atoms with Crippen LogP contribution in [-0.2, 0) is 16.0 Å². The Labute approximate surface area is 120 Å². The molecular weight excluding hydrogens is 252 g/mol. The monoisotopic (exact) mass is 272 g/mol. The number of hydrogen-bond acceptors (Lipinski definition) is 4. The van der Waals surface area contributed by atoms with Crippen molar-refractivity contribution in [2.45, 2.75) is 20.3 Å². The summed E-state index contributed by atoms with van der Waals surface area (Å²) in [5, 5.41) is 11.9. The molecule has 0 aliphatic carbocycles. The molecule has 0 aliphatic heterocycles. The first-order valence-electron chi connectivity index (χ1n) is 6.68. The molecule has 0 unspecified atom stereocenters. The van der Waals surface area contributed by atoms with Gasteiger partial charge in [-0.15, -0.1) is 0 Å². The van der Waals surface area contributed by atoms with E-state index in [1.807, 2.05) is 50.2 Å². The Morgan fingerprint density at radius 3 is 2.70 bits per heavy atom. The summed E-state index contributed by atoms with van der Waals surface area (Å²) in [6, 6.07) is 11.8. The SMILES string of the molecule is CC(C)COC(=O)/C(C#N)=C/NCCc1ccccc1. The molecule has 0 bridgehead atoms. The molecule has 0 aromatic heterocycles. The molecule has 0 fully saturated rings. The lowest BCUT2D eigenvalue weighted by Crippen LogP contribution is -2.16. The van der Waals surface area contributed by atoms with Crippen molar-refractivity contribution in [2.24, 2.45) is 5.92 Å². The molecule has 0 aliphatic rings. The van der Waals surface area contributed by atoms with Crippen molar-refractivity contribution < 1.29 is 9.53 Å². The predicted molar refractivity (Wildman–Crippen MR) is 77.6 cm³/mol. The number of benzene rings is 1. The average Bonchev–Trinajstić information content (AvgIpc) is 2.46. The molecule has 4 heteroatoms. The van der Waals surface area contributed by atoms with Gasteiger partial charge in [-0.05, 0) is 17.9 Å². The lowest BCUT2D eigenvalue weighted by atomic mass is 10.1. The van der Waals surface area contributed by atoms with Gasteiger partial charge in [0.05, 0.1) is 6.61 Å². The number of esters is 1. The first kappa shape index (κ1) is 15.8. The zero-order chi connectivity index (χ0) is 14.8. The summed E-state index contributed by atoms with van der Waals surface area (Å²) >= 11 is 0. The fourth-order valence-electron chi connectivity index (χ4n) is 1.49. The van der Waals surface area contributed by atoms with Gasteiger partial charge in [-0.25, -0.2) is 4.79 Å². The largest absolute Gasteiger partial charge is 0.461 e. The minimum Gasteiger partial charge on any atom is -0.461 e. The van der Waals surface area contributed by atoms with Crippen LogP contribution >= 0.6 is 0 Å². The summed E-state index contributed by atoms with van der Waals surface area (Å²) in [6.07, 6.45) is 2.25. The summed E-state index contributed by atoms with van der Waals surface area (Å²) in [6.45, 7) is 4.87. The topological polar surface area (TPSA) is 62.1 Å². The number of carbonyl (C=O) groups excluding carboxylic acids is 1. The summed E-state index contributed by atoms with van der Waals surface area (Å²) < 4.78 is 5.00. The molecule has 1 rings (SSSR count). The predicted octanol–water partition coefficient (Wildman–Crippen LogP) is 2.43. The van der Waals surface area contributed by atoms with Crippen molar-refractivity contribution in [1.82, 2.24) is 5.32 Å². The van der Waals surface area contributed by atoms with Crippen molar-refractivity contribution in [3.63, 3.8) is 0 Å². The van der Waals surface area contributed by atoms with Gasteiger partial charge in [-0.1, -0.05) is 44.2 Å². The summed E-state index contributed by atoms with van der Waals surface area (Å²) in [7, 11) is 0. The van der Waals surface area contributed by atoms with Crippen LogP contribution in [0.2, 0.25) is 0 Å². The van der Waals surface area contributed by atoms with E-state index in [0.29, 0.717) is 13.2 Å². The third-order valence-electron chi connectivity index (χ3n) is 2.54. The molecule has 0 atom stereocenters. The summed E-state index contributed by atoms with van der Waals surface area (Å²) in [5.41, 5.74) is 1.20. The first-order chi connectivity index (χ1) is 9.63. The quantitative estimate of drug-likeness (QED) is 0.358. The summed E-state index contributed by atoms with van der Waals surface area (Å²) in [4.78, 5) is 11.6. The Kier molecular flexibility index (Phi) is 6.91. The lowest BCUT2D eigenvalue weighted by Gasteiger charge is -2.06. The fourth-order valence-corrected chi connectivity index (χ4v) is 1.49. The molecule has 0 heterocycles. The molecule has 0 saturated heterocycles. The highest BCUT2D eigenvalue weighted by Crippen LogP contribution is 2.00. The minimum absolute atomic E-state index is 0.00119.